The summed E-state index contributed by atoms with van der Waals surface area (Å²) in [6, 6.07) is 42.8. The maximum absolute atomic E-state index is 11.8. The van der Waals surface area contributed by atoms with Crippen LogP contribution in [0.15, 0.2) is 182 Å². The minimum absolute atomic E-state index is 0. The van der Waals surface area contributed by atoms with Crippen LogP contribution in [-0.2, 0) is 73.5 Å². The number of hydrogen-bond donors (Lipinski definition) is 3. The molecule has 1 amide bonds. The Morgan fingerprint density at radius 1 is 0.522 bits per heavy atom. The monoisotopic (exact) mass is 1270 g/mol. The number of Topliss-reactive ketones (excluding diaryl/α,β-unsaturated/α-hetero) is 2. The number of amides is 1. The molecule has 2 atom stereocenters. The fourth-order valence-corrected chi connectivity index (χ4v) is 7.33. The molecule has 0 aliphatic rings. The smallest absolute Gasteiger partial charge is 0.870 e. The molecule has 0 aliphatic heterocycles. The third-order valence-electron chi connectivity index (χ3n) is 12.1. The first kappa shape index (κ1) is 85.2. The molecule has 17 nitrogen and oxygen atoms in total. The van der Waals surface area contributed by atoms with Gasteiger partial charge in [-0.1, -0.05) is 133 Å². The fourth-order valence-electron chi connectivity index (χ4n) is 7.33. The van der Waals surface area contributed by atoms with Gasteiger partial charge in [-0.3, -0.25) is 25.5 Å². The van der Waals surface area contributed by atoms with Crippen molar-refractivity contribution in [3.05, 3.63) is 227 Å². The quantitative estimate of drug-likeness (QED) is 0.00883. The molecule has 6 aromatic rings. The van der Waals surface area contributed by atoms with Gasteiger partial charge in [-0.2, -0.15) is 0 Å². The molecule has 488 valence electrons. The average molecular weight is 1270 g/mol. The second kappa shape index (κ2) is 46.2. The predicted octanol–water partition coefficient (Wildman–Crippen LogP) is 11.2. The van der Waals surface area contributed by atoms with Crippen LogP contribution >= 0.6 is 0 Å². The topological polar surface area (TPSA) is 279 Å². The van der Waals surface area contributed by atoms with E-state index in [0.717, 1.165) is 35.1 Å². The van der Waals surface area contributed by atoms with E-state index in [1.165, 1.54) is 25.0 Å². The number of aromatic hydroxyl groups is 1. The van der Waals surface area contributed by atoms with E-state index in [9.17, 15) is 43.2 Å². The number of carbonyl (C=O) groups excluding carboxylic acids is 9. The minimum atomic E-state index is -0.668. The Morgan fingerprint density at radius 2 is 0.902 bits per heavy atom. The molecule has 0 aliphatic carbocycles. The number of benzene rings is 6. The van der Waals surface area contributed by atoms with Crippen LogP contribution in [0.2, 0.25) is 0 Å². The van der Waals surface area contributed by atoms with Gasteiger partial charge in [0.25, 0.3) is 5.91 Å². The molecule has 0 aromatic heterocycles. The summed E-state index contributed by atoms with van der Waals surface area (Å²) < 4.78 is 19.4. The summed E-state index contributed by atoms with van der Waals surface area (Å²) in [6.07, 6.45) is 4.94. The summed E-state index contributed by atoms with van der Waals surface area (Å²) in [7, 11) is 0. The summed E-state index contributed by atoms with van der Waals surface area (Å²) in [5.74, 6) is -0.953. The van der Waals surface area contributed by atoms with Gasteiger partial charge in [0.2, 0.25) is 0 Å². The number of phenols is 1. The maximum atomic E-state index is 11.8. The number of ketones is 2. The number of ether oxygens (including phenoxy) is 4. The van der Waals surface area contributed by atoms with Crippen molar-refractivity contribution in [2.45, 2.75) is 128 Å². The molecule has 0 bridgehead atoms. The zero-order chi connectivity index (χ0) is 68.0. The van der Waals surface area contributed by atoms with Crippen LogP contribution in [0.1, 0.15) is 156 Å². The molecule has 0 spiro atoms. The average Bonchev–Trinajstić information content (AvgIpc) is 1.31. The van der Waals surface area contributed by atoms with E-state index >= 15 is 0 Å². The molecular weight excluding hydrogens is 1180 g/mol. The SMILES string of the molecule is C=C(C)C(=O)Nc1ccc(C(=O)OCC)cc1.C=C(C)C(=O)OC(=O)C(C)c1ccc(CC(C)C)cc1.C=C(C)C(=O)Oc1ccc(CC(C)=O)cc1.CC(=O)Cc1ccc(O)cc1.CC(C)Cc1ccc(C(C)[C-]=O)cc1.CCOC(=O)c1ccc(N)cc1.[Na+].[OH-]. The molecule has 0 saturated heterocycles. The Balaban J connectivity index is 0. The number of nitrogens with two attached hydrogens (primary N) is 1. The van der Waals surface area contributed by atoms with Crippen LogP contribution in [0.5, 0.6) is 11.5 Å². The van der Waals surface area contributed by atoms with Crippen molar-refractivity contribution in [2.24, 2.45) is 11.8 Å². The Hall–Kier alpha value is -8.87. The first-order chi connectivity index (χ1) is 42.4. The van der Waals surface area contributed by atoms with E-state index in [-0.39, 0.29) is 81.7 Å². The maximum Gasteiger partial charge on any atom is 1.00 e. The normalized spacial score (nSPS) is 10.4. The van der Waals surface area contributed by atoms with E-state index < -0.39 is 23.8 Å². The molecule has 0 fully saturated rings. The summed E-state index contributed by atoms with van der Waals surface area (Å²) >= 11 is 0. The summed E-state index contributed by atoms with van der Waals surface area (Å²) in [5.41, 5.74) is 15.0. The molecule has 6 aromatic carbocycles. The first-order valence-electron chi connectivity index (χ1n) is 29.4. The third kappa shape index (κ3) is 36.7. The Kier molecular flexibility index (Phi) is 42.8. The van der Waals surface area contributed by atoms with Gasteiger partial charge in [-0.05, 0) is 181 Å². The van der Waals surface area contributed by atoms with Gasteiger partial charge in [0.15, 0.2) is 0 Å². The number of esters is 5. The second-order valence-electron chi connectivity index (χ2n) is 21.8. The van der Waals surface area contributed by atoms with Crippen molar-refractivity contribution in [1.29, 1.82) is 0 Å². The molecule has 0 radical (unpaired) electrons. The van der Waals surface area contributed by atoms with Crippen molar-refractivity contribution in [1.82, 2.24) is 0 Å². The van der Waals surface area contributed by atoms with Crippen LogP contribution < -0.4 is 45.3 Å². The zero-order valence-electron chi connectivity index (χ0n) is 55.8. The minimum Gasteiger partial charge on any atom is -0.870 e. The van der Waals surface area contributed by atoms with Crippen LogP contribution in [0.3, 0.4) is 0 Å². The molecular formula is C74H90N2NaO15-. The number of anilines is 2. The van der Waals surface area contributed by atoms with E-state index in [1.807, 2.05) is 49.6 Å². The van der Waals surface area contributed by atoms with E-state index in [1.54, 1.807) is 139 Å². The van der Waals surface area contributed by atoms with Gasteiger partial charge in [0.05, 0.1) is 30.3 Å². The van der Waals surface area contributed by atoms with Crippen molar-refractivity contribution >= 4 is 65.0 Å². The second-order valence-corrected chi connectivity index (χ2v) is 21.8. The van der Waals surface area contributed by atoms with Crippen LogP contribution in [0.25, 0.3) is 0 Å². The Labute approximate surface area is 565 Å². The van der Waals surface area contributed by atoms with Gasteiger partial charge in [0, 0.05) is 40.9 Å². The standard InChI is InChI=1S/C17H22O3.C13H15NO3.C13H14O3.C13H17O.C9H11NO2.C9H10O2.Na.H2O/c1-11(2)10-14-6-8-15(9-7-14)13(5)17(19)20-16(18)12(3)4;1-4-17-13(16)10-5-7-11(8-6-10)14-12(15)9(2)3;1-9(2)13(15)16-12-6-4-11(5-7-12)8-10(3)14;1-10(2)8-12-4-6-13(7-5-12)11(3)9-14;1-2-12-9(11)7-3-5-8(10)6-4-7;1-7(10)6-8-2-4-9(11)5-3-8;;/h6-9,11,13H,3,10H2,1-2,4-5H3;5-8H,2,4H2,1,3H3,(H,14,15);4-7H,1,8H2,2-3H3;4-7,10-11H,8H2,1-3H3;3-6H,2,10H2,1H3;2-5,11H,6H2,1H3;;1H2/q;;;-1;;;+1;/p-1. The molecule has 18 heteroatoms. The Morgan fingerprint density at radius 3 is 1.26 bits per heavy atom. The predicted molar refractivity (Wildman–Crippen MR) is 357 cm³/mol. The van der Waals surface area contributed by atoms with Gasteiger partial charge in [0.1, 0.15) is 23.1 Å². The van der Waals surface area contributed by atoms with Gasteiger partial charge >= 0.3 is 59.4 Å². The Bertz CT molecular complexity index is 3300. The number of hydrogen-bond acceptors (Lipinski definition) is 16. The van der Waals surface area contributed by atoms with Gasteiger partial charge in [-0.25, -0.2) is 19.2 Å². The van der Waals surface area contributed by atoms with E-state index in [4.69, 9.17) is 29.8 Å². The molecule has 0 heterocycles. The zero-order valence-corrected chi connectivity index (χ0v) is 57.8. The van der Waals surface area contributed by atoms with Gasteiger partial charge < -0.3 is 45.4 Å². The van der Waals surface area contributed by atoms with E-state index in [0.29, 0.717) is 77.3 Å². The van der Waals surface area contributed by atoms with Crippen LogP contribution in [0.4, 0.5) is 11.4 Å². The number of rotatable bonds is 21. The van der Waals surface area contributed by atoms with Crippen molar-refractivity contribution in [3.63, 3.8) is 0 Å². The van der Waals surface area contributed by atoms with Crippen molar-refractivity contribution in [2.75, 3.05) is 24.3 Å². The molecule has 92 heavy (non-hydrogen) atoms. The third-order valence-corrected chi connectivity index (χ3v) is 12.1. The van der Waals surface area contributed by atoms with Crippen LogP contribution in [0, 0.1) is 11.8 Å². The molecule has 0 saturated carbocycles. The molecule has 6 rings (SSSR count). The van der Waals surface area contributed by atoms with Crippen molar-refractivity contribution in [3.8, 4) is 11.5 Å². The van der Waals surface area contributed by atoms with Gasteiger partial charge in [-0.15, -0.1) is 5.92 Å². The number of carbonyl (C=O) groups is 8. The first-order valence-corrected chi connectivity index (χ1v) is 29.4. The largest absolute Gasteiger partial charge is 1.00 e. The summed E-state index contributed by atoms with van der Waals surface area (Å²) in [5, 5.41) is 11.6. The number of nitrogens with one attached hydrogen (secondary N) is 1. The van der Waals surface area contributed by atoms with Crippen LogP contribution in [-0.4, -0.2) is 77.4 Å². The summed E-state index contributed by atoms with van der Waals surface area (Å²) in [4.78, 5) is 100. The van der Waals surface area contributed by atoms with Crippen molar-refractivity contribution < 1.29 is 102 Å². The number of phenolic OH excluding ortho intramolecular Hbond substituents is 1. The molecule has 2 unspecified atom stereocenters. The van der Waals surface area contributed by atoms with E-state index in [2.05, 4.69) is 64.9 Å². The molecule has 5 N–H and O–H groups in total. The summed E-state index contributed by atoms with van der Waals surface area (Å²) in [6.45, 7) is 34.9. The number of nitrogen functional groups attached to an aromatic ring is 1. The fraction of sp³-hybridized carbons (Fsp3) is 0.311.